The number of aliphatic hydroxyl groups excluding tert-OH is 1. The van der Waals surface area contributed by atoms with E-state index in [-0.39, 0.29) is 0 Å². The number of aliphatic hydroxyl groups is 1. The minimum Gasteiger partial charge on any atom is -0.458 e. The Morgan fingerprint density at radius 1 is 1.11 bits per heavy atom. The first-order valence-corrected chi connectivity index (χ1v) is 6.24. The largest absolute Gasteiger partial charge is 0.458 e. The quantitative estimate of drug-likeness (QED) is 0.760. The van der Waals surface area contributed by atoms with Crippen LogP contribution in [-0.2, 0) is 0 Å². The molecule has 0 aliphatic carbocycles. The van der Waals surface area contributed by atoms with Crippen LogP contribution in [0.5, 0.6) is 0 Å². The highest BCUT2D eigenvalue weighted by atomic mass is 16.4. The zero-order valence-electron chi connectivity index (χ0n) is 10.9. The Bertz CT molecular complexity index is 730. The summed E-state index contributed by atoms with van der Waals surface area (Å²) in [5.41, 5.74) is 3.64. The zero-order valence-corrected chi connectivity index (χ0v) is 10.9. The average Bonchev–Trinajstić information content (AvgIpc) is 2.80. The first kappa shape index (κ1) is 11.9. The number of fused-ring (bicyclic) bond motifs is 1. The molecule has 19 heavy (non-hydrogen) atoms. The lowest BCUT2D eigenvalue weighted by atomic mass is 10.1. The van der Waals surface area contributed by atoms with E-state index in [1.165, 1.54) is 5.56 Å². The van der Waals surface area contributed by atoms with Gasteiger partial charge in [0.1, 0.15) is 17.4 Å². The molecular weight excluding hydrogens is 238 g/mol. The number of benzene rings is 1. The van der Waals surface area contributed by atoms with Gasteiger partial charge in [0.05, 0.1) is 0 Å². The third kappa shape index (κ3) is 2.25. The second kappa shape index (κ2) is 4.52. The fourth-order valence-corrected chi connectivity index (χ4v) is 2.22. The van der Waals surface area contributed by atoms with E-state index in [1.54, 1.807) is 12.3 Å². The van der Waals surface area contributed by atoms with Gasteiger partial charge in [-0.25, -0.2) is 0 Å². The van der Waals surface area contributed by atoms with Gasteiger partial charge in [0, 0.05) is 17.3 Å². The van der Waals surface area contributed by atoms with Crippen LogP contribution < -0.4 is 0 Å². The van der Waals surface area contributed by atoms with Crippen LogP contribution in [0, 0.1) is 13.8 Å². The van der Waals surface area contributed by atoms with Gasteiger partial charge in [-0.1, -0.05) is 11.6 Å². The first-order valence-electron chi connectivity index (χ1n) is 6.24. The standard InChI is InChI=1S/C16H15NO2/c1-10-3-4-14-13(7-10)9-15(19-14)16(18)12-5-6-17-11(2)8-12/h3-9,16,18H,1-2H3. The summed E-state index contributed by atoms with van der Waals surface area (Å²) < 4.78 is 5.71. The van der Waals surface area contributed by atoms with Crippen LogP contribution in [0.1, 0.15) is 28.7 Å². The molecule has 0 saturated carbocycles. The summed E-state index contributed by atoms with van der Waals surface area (Å²) in [6.07, 6.45) is 0.940. The molecule has 1 N–H and O–H groups in total. The van der Waals surface area contributed by atoms with Gasteiger partial charge in [-0.15, -0.1) is 0 Å². The number of rotatable bonds is 2. The van der Waals surface area contributed by atoms with Gasteiger partial charge < -0.3 is 9.52 Å². The number of furan rings is 1. The van der Waals surface area contributed by atoms with Crippen LogP contribution in [0.4, 0.5) is 0 Å². The lowest BCUT2D eigenvalue weighted by Crippen LogP contribution is -1.98. The molecule has 0 spiro atoms. The predicted molar refractivity (Wildman–Crippen MR) is 74.0 cm³/mol. The fraction of sp³-hybridized carbons (Fsp3) is 0.188. The second-order valence-electron chi connectivity index (χ2n) is 4.82. The van der Waals surface area contributed by atoms with Crippen molar-refractivity contribution < 1.29 is 9.52 Å². The van der Waals surface area contributed by atoms with E-state index in [0.717, 1.165) is 22.2 Å². The molecule has 2 aromatic heterocycles. The van der Waals surface area contributed by atoms with Crippen LogP contribution in [-0.4, -0.2) is 10.1 Å². The van der Waals surface area contributed by atoms with Crippen molar-refractivity contribution in [2.75, 3.05) is 0 Å². The Balaban J connectivity index is 2.04. The van der Waals surface area contributed by atoms with Crippen molar-refractivity contribution in [3.05, 3.63) is 65.2 Å². The molecule has 2 heterocycles. The Morgan fingerprint density at radius 3 is 2.74 bits per heavy atom. The van der Waals surface area contributed by atoms with Crippen molar-refractivity contribution in [1.82, 2.24) is 4.98 Å². The van der Waals surface area contributed by atoms with E-state index in [2.05, 4.69) is 4.98 Å². The minimum absolute atomic E-state index is 0.561. The smallest absolute Gasteiger partial charge is 0.138 e. The first-order chi connectivity index (χ1) is 9.13. The van der Waals surface area contributed by atoms with Crippen molar-refractivity contribution in [2.24, 2.45) is 0 Å². The van der Waals surface area contributed by atoms with Crippen molar-refractivity contribution >= 4 is 11.0 Å². The molecule has 3 rings (SSSR count). The Labute approximate surface area is 111 Å². The Hall–Kier alpha value is -2.13. The highest BCUT2D eigenvalue weighted by molar-refractivity contribution is 5.78. The number of pyridine rings is 1. The van der Waals surface area contributed by atoms with Gasteiger partial charge in [-0.2, -0.15) is 0 Å². The third-order valence-electron chi connectivity index (χ3n) is 3.20. The summed E-state index contributed by atoms with van der Waals surface area (Å²) in [7, 11) is 0. The lowest BCUT2D eigenvalue weighted by molar-refractivity contribution is 0.192. The normalized spacial score (nSPS) is 12.8. The van der Waals surface area contributed by atoms with Crippen LogP contribution in [0.2, 0.25) is 0 Å². The Kier molecular flexibility index (Phi) is 2.84. The van der Waals surface area contributed by atoms with E-state index in [1.807, 2.05) is 44.2 Å². The predicted octanol–water partition coefficient (Wildman–Crippen LogP) is 3.53. The molecule has 96 valence electrons. The maximum Gasteiger partial charge on any atom is 0.138 e. The molecule has 1 unspecified atom stereocenters. The van der Waals surface area contributed by atoms with Crippen molar-refractivity contribution in [3.8, 4) is 0 Å². The van der Waals surface area contributed by atoms with E-state index in [0.29, 0.717) is 5.76 Å². The van der Waals surface area contributed by atoms with Gasteiger partial charge in [-0.3, -0.25) is 4.98 Å². The van der Waals surface area contributed by atoms with Gasteiger partial charge in [0.15, 0.2) is 0 Å². The third-order valence-corrected chi connectivity index (χ3v) is 3.20. The molecule has 0 aliphatic rings. The Morgan fingerprint density at radius 2 is 1.95 bits per heavy atom. The molecule has 0 fully saturated rings. The molecule has 0 radical (unpaired) electrons. The summed E-state index contributed by atoms with van der Waals surface area (Å²) in [6.45, 7) is 3.94. The number of hydrogen-bond acceptors (Lipinski definition) is 3. The topological polar surface area (TPSA) is 46.3 Å². The average molecular weight is 253 g/mol. The highest BCUT2D eigenvalue weighted by Crippen LogP contribution is 2.28. The van der Waals surface area contributed by atoms with E-state index >= 15 is 0 Å². The molecule has 1 aromatic carbocycles. The van der Waals surface area contributed by atoms with Gasteiger partial charge in [-0.05, 0) is 49.7 Å². The minimum atomic E-state index is -0.755. The van der Waals surface area contributed by atoms with E-state index in [9.17, 15) is 5.11 Å². The van der Waals surface area contributed by atoms with Crippen LogP contribution >= 0.6 is 0 Å². The maximum absolute atomic E-state index is 10.4. The monoisotopic (exact) mass is 253 g/mol. The van der Waals surface area contributed by atoms with Crippen LogP contribution in [0.3, 0.4) is 0 Å². The number of nitrogens with zero attached hydrogens (tertiary/aromatic N) is 1. The van der Waals surface area contributed by atoms with E-state index < -0.39 is 6.10 Å². The second-order valence-corrected chi connectivity index (χ2v) is 4.82. The molecule has 0 amide bonds. The van der Waals surface area contributed by atoms with E-state index in [4.69, 9.17) is 4.42 Å². The molecule has 3 nitrogen and oxygen atoms in total. The SMILES string of the molecule is Cc1ccc2oc(C(O)c3ccnc(C)c3)cc2c1. The molecule has 1 atom stereocenters. The fourth-order valence-electron chi connectivity index (χ4n) is 2.22. The van der Waals surface area contributed by atoms with Gasteiger partial charge in [0.25, 0.3) is 0 Å². The summed E-state index contributed by atoms with van der Waals surface area (Å²) in [4.78, 5) is 4.13. The maximum atomic E-state index is 10.4. The van der Waals surface area contributed by atoms with Crippen molar-refractivity contribution in [3.63, 3.8) is 0 Å². The number of aromatic nitrogens is 1. The summed E-state index contributed by atoms with van der Waals surface area (Å²) in [5, 5.41) is 11.4. The van der Waals surface area contributed by atoms with Gasteiger partial charge in [0.2, 0.25) is 0 Å². The summed E-state index contributed by atoms with van der Waals surface area (Å²) in [6, 6.07) is 11.5. The molecule has 0 bridgehead atoms. The number of hydrogen-bond donors (Lipinski definition) is 1. The van der Waals surface area contributed by atoms with Crippen LogP contribution in [0.15, 0.2) is 47.0 Å². The molecule has 0 aliphatic heterocycles. The number of aryl methyl sites for hydroxylation is 2. The van der Waals surface area contributed by atoms with Crippen molar-refractivity contribution in [1.29, 1.82) is 0 Å². The summed E-state index contributed by atoms with van der Waals surface area (Å²) in [5.74, 6) is 0.561. The molecular formula is C16H15NO2. The molecule has 3 aromatic rings. The van der Waals surface area contributed by atoms with Crippen molar-refractivity contribution in [2.45, 2.75) is 20.0 Å². The van der Waals surface area contributed by atoms with Crippen LogP contribution in [0.25, 0.3) is 11.0 Å². The lowest BCUT2D eigenvalue weighted by Gasteiger charge is -2.07. The zero-order chi connectivity index (χ0) is 13.4. The van der Waals surface area contributed by atoms with Gasteiger partial charge >= 0.3 is 0 Å². The highest BCUT2D eigenvalue weighted by Gasteiger charge is 2.15. The molecule has 0 saturated heterocycles. The summed E-state index contributed by atoms with van der Waals surface area (Å²) >= 11 is 0. The molecule has 3 heteroatoms.